The van der Waals surface area contributed by atoms with Crippen molar-refractivity contribution in [3.8, 4) is 6.07 Å². The van der Waals surface area contributed by atoms with Crippen LogP contribution >= 0.6 is 11.6 Å². The molecule has 102 valence electrons. The molecule has 19 heavy (non-hydrogen) atoms. The summed E-state index contributed by atoms with van der Waals surface area (Å²) in [4.78, 5) is 4.55. The number of benzene rings is 1. The Bertz CT molecular complexity index is 443. The predicted molar refractivity (Wildman–Crippen MR) is 78.1 cm³/mol. The van der Waals surface area contributed by atoms with Gasteiger partial charge in [0, 0.05) is 11.1 Å². The van der Waals surface area contributed by atoms with E-state index in [1.807, 2.05) is 24.3 Å². The van der Waals surface area contributed by atoms with Crippen LogP contribution in [0.5, 0.6) is 0 Å². The van der Waals surface area contributed by atoms with Crippen molar-refractivity contribution in [2.75, 3.05) is 27.2 Å². The molecule has 1 aliphatic rings. The van der Waals surface area contributed by atoms with E-state index in [2.05, 4.69) is 30.0 Å². The summed E-state index contributed by atoms with van der Waals surface area (Å²) in [5.74, 6) is 0. The number of rotatable bonds is 3. The molecule has 0 saturated carbocycles. The largest absolute Gasteiger partial charge is 0.306 e. The fourth-order valence-electron chi connectivity index (χ4n) is 2.66. The molecule has 0 aliphatic carbocycles. The fraction of sp³-hybridized carbons (Fsp3) is 0.533. The van der Waals surface area contributed by atoms with Gasteiger partial charge >= 0.3 is 0 Å². The Labute approximate surface area is 120 Å². The summed E-state index contributed by atoms with van der Waals surface area (Å²) < 4.78 is 0. The van der Waals surface area contributed by atoms with Crippen molar-refractivity contribution in [2.24, 2.45) is 0 Å². The van der Waals surface area contributed by atoms with Gasteiger partial charge in [-0.2, -0.15) is 5.26 Å². The van der Waals surface area contributed by atoms with Crippen LogP contribution in [0.15, 0.2) is 24.3 Å². The zero-order valence-electron chi connectivity index (χ0n) is 11.5. The topological polar surface area (TPSA) is 30.3 Å². The second-order valence-electron chi connectivity index (χ2n) is 5.28. The van der Waals surface area contributed by atoms with Gasteiger partial charge in [-0.25, -0.2) is 0 Å². The lowest BCUT2D eigenvalue weighted by Crippen LogP contribution is -2.43. The zero-order valence-corrected chi connectivity index (χ0v) is 12.3. The first-order valence-electron chi connectivity index (χ1n) is 6.67. The molecule has 2 rings (SSSR count). The van der Waals surface area contributed by atoms with Crippen LogP contribution in [0.25, 0.3) is 0 Å². The Morgan fingerprint density at radius 1 is 1.32 bits per heavy atom. The van der Waals surface area contributed by atoms with E-state index < -0.39 is 0 Å². The first-order chi connectivity index (χ1) is 9.11. The van der Waals surface area contributed by atoms with Crippen molar-refractivity contribution >= 4 is 11.6 Å². The second kappa shape index (κ2) is 6.38. The molecular formula is C15H20ClN3. The van der Waals surface area contributed by atoms with Crippen LogP contribution in [0, 0.1) is 11.3 Å². The highest BCUT2D eigenvalue weighted by molar-refractivity contribution is 6.30. The summed E-state index contributed by atoms with van der Waals surface area (Å²) in [5, 5.41) is 10.2. The molecule has 1 aromatic carbocycles. The van der Waals surface area contributed by atoms with E-state index in [1.54, 1.807) is 0 Å². The van der Waals surface area contributed by atoms with Crippen molar-refractivity contribution in [1.82, 2.24) is 9.80 Å². The van der Waals surface area contributed by atoms with Gasteiger partial charge in [0.15, 0.2) is 0 Å². The summed E-state index contributed by atoms with van der Waals surface area (Å²) >= 11 is 5.90. The van der Waals surface area contributed by atoms with Gasteiger partial charge in [-0.1, -0.05) is 23.7 Å². The second-order valence-corrected chi connectivity index (χ2v) is 5.72. The molecule has 1 atom stereocenters. The summed E-state index contributed by atoms with van der Waals surface area (Å²) in [7, 11) is 4.20. The van der Waals surface area contributed by atoms with Crippen LogP contribution in [-0.4, -0.2) is 43.0 Å². The maximum atomic E-state index is 9.47. The summed E-state index contributed by atoms with van der Waals surface area (Å²) in [5.41, 5.74) is 1.02. The highest BCUT2D eigenvalue weighted by Crippen LogP contribution is 2.26. The van der Waals surface area contributed by atoms with Crippen molar-refractivity contribution < 1.29 is 0 Å². The van der Waals surface area contributed by atoms with Gasteiger partial charge in [-0.3, -0.25) is 4.90 Å². The van der Waals surface area contributed by atoms with Crippen LogP contribution in [-0.2, 0) is 0 Å². The monoisotopic (exact) mass is 277 g/mol. The molecule has 1 fully saturated rings. The van der Waals surface area contributed by atoms with Crippen molar-refractivity contribution in [3.63, 3.8) is 0 Å². The smallest absolute Gasteiger partial charge is 0.123 e. The fourth-order valence-corrected chi connectivity index (χ4v) is 2.78. The van der Waals surface area contributed by atoms with Gasteiger partial charge in [0.1, 0.15) is 6.04 Å². The Balaban J connectivity index is 2.09. The summed E-state index contributed by atoms with van der Waals surface area (Å²) in [6.07, 6.45) is 2.25. The van der Waals surface area contributed by atoms with Crippen molar-refractivity contribution in [2.45, 2.75) is 24.9 Å². The lowest BCUT2D eigenvalue weighted by molar-refractivity contribution is 0.126. The molecular weight excluding hydrogens is 258 g/mol. The number of nitrogens with zero attached hydrogens (tertiary/aromatic N) is 3. The lowest BCUT2D eigenvalue weighted by atomic mass is 9.99. The number of hydrogen-bond acceptors (Lipinski definition) is 3. The van der Waals surface area contributed by atoms with E-state index in [0.717, 1.165) is 31.5 Å². The predicted octanol–water partition coefficient (Wildman–Crippen LogP) is 2.93. The van der Waals surface area contributed by atoms with Gasteiger partial charge in [0.2, 0.25) is 0 Å². The number of nitriles is 1. The standard InChI is InChI=1S/C15H20ClN3/c1-18-9-7-14(8-10-18)19(2)15(11-17)12-3-5-13(16)6-4-12/h3-6,14-15H,7-10H2,1-2H3. The van der Waals surface area contributed by atoms with Gasteiger partial charge in [-0.05, 0) is 57.7 Å². The average molecular weight is 278 g/mol. The molecule has 1 saturated heterocycles. The number of halogens is 1. The minimum Gasteiger partial charge on any atom is -0.306 e. The van der Waals surface area contributed by atoms with Crippen LogP contribution in [0.3, 0.4) is 0 Å². The normalized spacial score (nSPS) is 19.3. The van der Waals surface area contributed by atoms with Crippen molar-refractivity contribution in [3.05, 3.63) is 34.9 Å². The summed E-state index contributed by atoms with van der Waals surface area (Å²) in [6, 6.07) is 10.3. The van der Waals surface area contributed by atoms with Crippen LogP contribution in [0.4, 0.5) is 0 Å². The molecule has 0 N–H and O–H groups in total. The molecule has 0 radical (unpaired) electrons. The Morgan fingerprint density at radius 2 is 1.89 bits per heavy atom. The molecule has 0 aromatic heterocycles. The summed E-state index contributed by atoms with van der Waals surface area (Å²) in [6.45, 7) is 2.21. The van der Waals surface area contributed by atoms with Crippen LogP contribution in [0.2, 0.25) is 5.02 Å². The maximum Gasteiger partial charge on any atom is 0.123 e. The third-order valence-corrected chi connectivity index (χ3v) is 4.23. The van der Waals surface area contributed by atoms with Gasteiger partial charge < -0.3 is 4.90 Å². The minimum atomic E-state index is -0.189. The molecule has 1 aliphatic heterocycles. The lowest BCUT2D eigenvalue weighted by Gasteiger charge is -2.37. The number of hydrogen-bond donors (Lipinski definition) is 0. The van der Waals surface area contributed by atoms with Crippen molar-refractivity contribution in [1.29, 1.82) is 5.26 Å². The van der Waals surface area contributed by atoms with E-state index >= 15 is 0 Å². The van der Waals surface area contributed by atoms with E-state index in [4.69, 9.17) is 11.6 Å². The maximum absolute atomic E-state index is 9.47. The average Bonchev–Trinajstić information content (AvgIpc) is 2.42. The molecule has 1 aromatic rings. The van der Waals surface area contributed by atoms with E-state index in [1.165, 1.54) is 0 Å². The Morgan fingerprint density at radius 3 is 2.42 bits per heavy atom. The number of likely N-dealkylation sites (tertiary alicyclic amines) is 1. The molecule has 0 amide bonds. The number of piperidine rings is 1. The quantitative estimate of drug-likeness (QED) is 0.851. The van der Waals surface area contributed by atoms with Gasteiger partial charge in [0.05, 0.1) is 6.07 Å². The van der Waals surface area contributed by atoms with Crippen LogP contribution < -0.4 is 0 Å². The third-order valence-electron chi connectivity index (χ3n) is 3.98. The van der Waals surface area contributed by atoms with E-state index in [9.17, 15) is 5.26 Å². The molecule has 1 heterocycles. The minimum absolute atomic E-state index is 0.189. The molecule has 3 nitrogen and oxygen atoms in total. The molecule has 4 heteroatoms. The van der Waals surface area contributed by atoms with Gasteiger partial charge in [-0.15, -0.1) is 0 Å². The third kappa shape index (κ3) is 3.48. The van der Waals surface area contributed by atoms with Gasteiger partial charge in [0.25, 0.3) is 0 Å². The highest BCUT2D eigenvalue weighted by atomic mass is 35.5. The van der Waals surface area contributed by atoms with E-state index in [-0.39, 0.29) is 6.04 Å². The first kappa shape index (κ1) is 14.3. The SMILES string of the molecule is CN1CCC(N(C)C(C#N)c2ccc(Cl)cc2)CC1. The Hall–Kier alpha value is -1.08. The molecule has 0 spiro atoms. The highest BCUT2D eigenvalue weighted by Gasteiger charge is 2.26. The Kier molecular flexibility index (Phi) is 4.81. The van der Waals surface area contributed by atoms with E-state index in [0.29, 0.717) is 11.1 Å². The zero-order chi connectivity index (χ0) is 13.8. The molecule has 0 bridgehead atoms. The van der Waals surface area contributed by atoms with Crippen LogP contribution in [0.1, 0.15) is 24.4 Å². The molecule has 1 unspecified atom stereocenters. The first-order valence-corrected chi connectivity index (χ1v) is 7.05.